The molecule has 2 aliphatic heterocycles. The number of nitrogens with zero attached hydrogens (tertiary/aromatic N) is 3. The largest absolute Gasteiger partial charge is 0.352 e. The minimum atomic E-state index is -0.0925. The Morgan fingerprint density at radius 3 is 2.39 bits per heavy atom. The number of benzene rings is 1. The van der Waals surface area contributed by atoms with Gasteiger partial charge in [0.05, 0.1) is 0 Å². The molecule has 1 saturated carbocycles. The minimum absolute atomic E-state index is 0.0925. The zero-order valence-electron chi connectivity index (χ0n) is 16.3. The van der Waals surface area contributed by atoms with Crippen LogP contribution >= 0.6 is 11.6 Å². The molecular formula is C21H29ClN4O2. The van der Waals surface area contributed by atoms with Crippen LogP contribution in [0.15, 0.2) is 24.3 Å². The fraction of sp³-hybridized carbons (Fsp3) is 0.619. The van der Waals surface area contributed by atoms with Gasteiger partial charge in [0.1, 0.15) is 0 Å². The maximum Gasteiger partial charge on any atom is 0.320 e. The molecule has 1 aliphatic carbocycles. The molecule has 2 heterocycles. The van der Waals surface area contributed by atoms with E-state index in [0.717, 1.165) is 51.7 Å². The second-order valence-corrected chi connectivity index (χ2v) is 8.67. The monoisotopic (exact) mass is 404 g/mol. The second kappa shape index (κ2) is 8.70. The molecule has 6 nitrogen and oxygen atoms in total. The van der Waals surface area contributed by atoms with Crippen molar-refractivity contribution in [3.05, 3.63) is 34.9 Å². The third kappa shape index (κ3) is 4.44. The summed E-state index contributed by atoms with van der Waals surface area (Å²) in [5.74, 6) is 0.240. The summed E-state index contributed by atoms with van der Waals surface area (Å²) >= 11 is 5.85. The van der Waals surface area contributed by atoms with Crippen LogP contribution in [0.5, 0.6) is 0 Å². The van der Waals surface area contributed by atoms with Gasteiger partial charge in [-0.05, 0) is 43.5 Å². The maximum absolute atomic E-state index is 12.8. The molecule has 0 radical (unpaired) electrons. The number of urea groups is 1. The number of carbonyl (C=O) groups excluding carboxylic acids is 2. The van der Waals surface area contributed by atoms with Gasteiger partial charge in [0, 0.05) is 68.4 Å². The van der Waals surface area contributed by atoms with E-state index in [9.17, 15) is 9.59 Å². The van der Waals surface area contributed by atoms with Crippen molar-refractivity contribution in [3.63, 3.8) is 0 Å². The van der Waals surface area contributed by atoms with Crippen LogP contribution in [0.1, 0.15) is 36.0 Å². The van der Waals surface area contributed by atoms with Crippen LogP contribution in [0.25, 0.3) is 0 Å². The molecule has 28 heavy (non-hydrogen) atoms. The highest BCUT2D eigenvalue weighted by molar-refractivity contribution is 6.30. The van der Waals surface area contributed by atoms with Crippen LogP contribution in [0, 0.1) is 5.92 Å². The van der Waals surface area contributed by atoms with E-state index in [2.05, 4.69) is 10.2 Å². The van der Waals surface area contributed by atoms with Crippen molar-refractivity contribution in [2.45, 2.75) is 31.7 Å². The molecule has 1 aromatic carbocycles. The third-order valence-corrected chi connectivity index (χ3v) is 6.53. The van der Waals surface area contributed by atoms with Crippen LogP contribution < -0.4 is 5.32 Å². The van der Waals surface area contributed by atoms with E-state index >= 15 is 0 Å². The first-order chi connectivity index (χ1) is 13.6. The average Bonchev–Trinajstić information content (AvgIpc) is 2.85. The number of halogens is 1. The number of rotatable bonds is 4. The number of nitrogens with one attached hydrogen (secondary N) is 1. The molecule has 0 aromatic heterocycles. The van der Waals surface area contributed by atoms with Gasteiger partial charge in [0.2, 0.25) is 0 Å². The molecule has 3 fully saturated rings. The van der Waals surface area contributed by atoms with Crippen LogP contribution in [0.2, 0.25) is 5.02 Å². The molecule has 152 valence electrons. The van der Waals surface area contributed by atoms with Gasteiger partial charge < -0.3 is 15.1 Å². The Morgan fingerprint density at radius 1 is 0.964 bits per heavy atom. The lowest BCUT2D eigenvalue weighted by Crippen LogP contribution is -2.57. The van der Waals surface area contributed by atoms with Crippen molar-refractivity contribution >= 4 is 23.5 Å². The lowest BCUT2D eigenvalue weighted by molar-refractivity contribution is 0.0813. The van der Waals surface area contributed by atoms with Crippen molar-refractivity contribution in [2.24, 2.45) is 5.92 Å². The Hall–Kier alpha value is -1.79. The fourth-order valence-electron chi connectivity index (χ4n) is 4.24. The van der Waals surface area contributed by atoms with Gasteiger partial charge in [-0.25, -0.2) is 4.79 Å². The van der Waals surface area contributed by atoms with E-state index in [1.165, 1.54) is 19.3 Å². The molecule has 2 saturated heterocycles. The van der Waals surface area contributed by atoms with Crippen LogP contribution in [0.4, 0.5) is 4.79 Å². The summed E-state index contributed by atoms with van der Waals surface area (Å²) in [5.41, 5.74) is 0.609. The molecule has 0 unspecified atom stereocenters. The van der Waals surface area contributed by atoms with Gasteiger partial charge in [-0.1, -0.05) is 18.0 Å². The quantitative estimate of drug-likeness (QED) is 0.839. The average molecular weight is 405 g/mol. The predicted octanol–water partition coefficient (Wildman–Crippen LogP) is 2.68. The highest BCUT2D eigenvalue weighted by Crippen LogP contribution is 2.26. The fourth-order valence-corrected chi connectivity index (χ4v) is 4.37. The Labute approximate surface area is 171 Å². The summed E-state index contributed by atoms with van der Waals surface area (Å²) in [6, 6.07) is 7.80. The van der Waals surface area contributed by atoms with Crippen molar-refractivity contribution in [1.82, 2.24) is 20.0 Å². The second-order valence-electron chi connectivity index (χ2n) is 8.23. The number of hydrogen-bond donors (Lipinski definition) is 1. The zero-order chi connectivity index (χ0) is 19.5. The van der Waals surface area contributed by atoms with E-state index in [-0.39, 0.29) is 11.9 Å². The summed E-state index contributed by atoms with van der Waals surface area (Å²) in [7, 11) is 0. The lowest BCUT2D eigenvalue weighted by Gasteiger charge is -2.42. The number of hydrogen-bond acceptors (Lipinski definition) is 3. The van der Waals surface area contributed by atoms with Crippen molar-refractivity contribution in [1.29, 1.82) is 0 Å². The van der Waals surface area contributed by atoms with Gasteiger partial charge in [-0.2, -0.15) is 0 Å². The van der Waals surface area contributed by atoms with Gasteiger partial charge in [0.25, 0.3) is 5.91 Å². The topological polar surface area (TPSA) is 55.9 Å². The Balaban J connectivity index is 1.18. The Morgan fingerprint density at radius 2 is 1.71 bits per heavy atom. The SMILES string of the molecule is O=C(NCC1CN(C(=O)N2CCCN(C3CCC3)CC2)C1)c1ccc(Cl)cc1. The van der Waals surface area contributed by atoms with Crippen LogP contribution in [0.3, 0.4) is 0 Å². The summed E-state index contributed by atoms with van der Waals surface area (Å²) in [4.78, 5) is 31.4. The lowest BCUT2D eigenvalue weighted by atomic mass is 9.91. The molecule has 3 amide bonds. The zero-order valence-corrected chi connectivity index (χ0v) is 17.0. The van der Waals surface area contributed by atoms with E-state index in [0.29, 0.717) is 23.0 Å². The summed E-state index contributed by atoms with van der Waals surface area (Å²) < 4.78 is 0. The molecule has 0 spiro atoms. The molecule has 0 atom stereocenters. The molecule has 0 bridgehead atoms. The molecule has 1 N–H and O–H groups in total. The predicted molar refractivity (Wildman–Crippen MR) is 110 cm³/mol. The smallest absolute Gasteiger partial charge is 0.320 e. The molecule has 4 rings (SSSR count). The number of amides is 3. The van der Waals surface area contributed by atoms with Crippen LogP contribution in [-0.2, 0) is 0 Å². The highest BCUT2D eigenvalue weighted by Gasteiger charge is 2.35. The minimum Gasteiger partial charge on any atom is -0.352 e. The van der Waals surface area contributed by atoms with Gasteiger partial charge in [-0.15, -0.1) is 0 Å². The summed E-state index contributed by atoms with van der Waals surface area (Å²) in [5, 5.41) is 3.58. The summed E-state index contributed by atoms with van der Waals surface area (Å²) in [6.07, 6.45) is 5.07. The number of likely N-dealkylation sites (tertiary alicyclic amines) is 1. The summed E-state index contributed by atoms with van der Waals surface area (Å²) in [6.45, 7) is 5.87. The molecule has 1 aromatic rings. The Kier molecular flexibility index (Phi) is 6.07. The van der Waals surface area contributed by atoms with Gasteiger partial charge >= 0.3 is 6.03 Å². The van der Waals surface area contributed by atoms with Crippen LogP contribution in [-0.4, -0.2) is 78.5 Å². The number of carbonyl (C=O) groups is 2. The first-order valence-electron chi connectivity index (χ1n) is 10.4. The molecule has 7 heteroatoms. The van der Waals surface area contributed by atoms with E-state index in [1.807, 2.05) is 9.80 Å². The van der Waals surface area contributed by atoms with Crippen molar-refractivity contribution < 1.29 is 9.59 Å². The van der Waals surface area contributed by atoms with Crippen molar-refractivity contribution in [2.75, 3.05) is 45.8 Å². The van der Waals surface area contributed by atoms with E-state index < -0.39 is 0 Å². The van der Waals surface area contributed by atoms with E-state index in [4.69, 9.17) is 11.6 Å². The molecular weight excluding hydrogens is 376 g/mol. The maximum atomic E-state index is 12.8. The van der Waals surface area contributed by atoms with Gasteiger partial charge in [0.15, 0.2) is 0 Å². The van der Waals surface area contributed by atoms with Gasteiger partial charge in [-0.3, -0.25) is 9.69 Å². The molecule has 3 aliphatic rings. The first kappa shape index (κ1) is 19.5. The third-order valence-electron chi connectivity index (χ3n) is 6.28. The first-order valence-corrected chi connectivity index (χ1v) is 10.8. The standard InChI is InChI=1S/C21H29ClN4O2/c22-18-7-5-17(6-8-18)20(27)23-13-16-14-26(15-16)21(28)25-10-2-9-24(11-12-25)19-3-1-4-19/h5-8,16,19H,1-4,9-15H2,(H,23,27). The highest BCUT2D eigenvalue weighted by atomic mass is 35.5. The van der Waals surface area contributed by atoms with Crippen molar-refractivity contribution in [3.8, 4) is 0 Å². The van der Waals surface area contributed by atoms with E-state index in [1.54, 1.807) is 24.3 Å². The normalized spacial score (nSPS) is 21.6. The Bertz CT molecular complexity index is 701.